The van der Waals surface area contributed by atoms with Crippen LogP contribution in [0.1, 0.15) is 0 Å². The average molecular weight is 420 g/mol. The number of anilines is 1. The van der Waals surface area contributed by atoms with Crippen LogP contribution in [0.3, 0.4) is 0 Å². The molecule has 0 bridgehead atoms. The zero-order valence-electron chi connectivity index (χ0n) is 13.2. The van der Waals surface area contributed by atoms with E-state index >= 15 is 0 Å². The molecule has 0 unspecified atom stereocenters. The normalized spacial score (nSPS) is 10.5. The molecular weight excluding hydrogens is 406 g/mol. The molecule has 0 saturated heterocycles. The van der Waals surface area contributed by atoms with Crippen LogP contribution in [0, 0.1) is 0 Å². The lowest BCUT2D eigenvalue weighted by atomic mass is 10.3. The van der Waals surface area contributed by atoms with E-state index in [2.05, 4.69) is 36.8 Å². The summed E-state index contributed by atoms with van der Waals surface area (Å²) >= 11 is 4.62. The van der Waals surface area contributed by atoms with Crippen molar-refractivity contribution in [2.45, 2.75) is 5.16 Å². The Morgan fingerprint density at radius 1 is 1.28 bits per heavy atom. The number of methoxy groups -OCH3 is 1. The van der Waals surface area contributed by atoms with E-state index in [4.69, 9.17) is 4.74 Å². The van der Waals surface area contributed by atoms with Gasteiger partial charge in [-0.2, -0.15) is 4.68 Å². The third-order valence-electron chi connectivity index (χ3n) is 3.20. The Hall–Kier alpha value is -2.39. The Bertz CT molecular complexity index is 869. The van der Waals surface area contributed by atoms with Crippen LogP contribution in [0.4, 0.5) is 5.69 Å². The van der Waals surface area contributed by atoms with E-state index in [0.29, 0.717) is 10.9 Å². The molecule has 3 aromatic rings. The molecule has 0 aliphatic heterocycles. The maximum Gasteiger partial charge on any atom is 0.234 e. The molecule has 1 N–H and O–H groups in total. The summed E-state index contributed by atoms with van der Waals surface area (Å²) in [5.74, 6) is 0.768. The molecule has 3 rings (SSSR count). The summed E-state index contributed by atoms with van der Waals surface area (Å²) in [4.78, 5) is 12.1. The van der Waals surface area contributed by atoms with Crippen LogP contribution in [0.2, 0.25) is 0 Å². The Labute approximate surface area is 156 Å². The minimum Gasteiger partial charge on any atom is -0.497 e. The van der Waals surface area contributed by atoms with Crippen molar-refractivity contribution in [1.82, 2.24) is 20.2 Å². The number of benzene rings is 2. The lowest BCUT2D eigenvalue weighted by Crippen LogP contribution is -2.14. The number of nitrogens with one attached hydrogen (secondary N) is 1. The highest BCUT2D eigenvalue weighted by Gasteiger charge is 2.12. The van der Waals surface area contributed by atoms with Gasteiger partial charge in [0.2, 0.25) is 11.1 Å². The Balaban J connectivity index is 1.65. The van der Waals surface area contributed by atoms with Gasteiger partial charge < -0.3 is 10.1 Å². The first-order valence-electron chi connectivity index (χ1n) is 7.27. The fourth-order valence-electron chi connectivity index (χ4n) is 2.03. The predicted molar refractivity (Wildman–Crippen MR) is 99.2 cm³/mol. The standard InChI is InChI=1S/C16H14BrN5O2S/c1-24-14-4-2-3-13(9-14)22-16(19-20-21-22)25-10-15(23)18-12-7-5-11(17)6-8-12/h2-9H,10H2,1H3,(H,18,23). The first-order chi connectivity index (χ1) is 12.2. The number of carbonyl (C=O) groups is 1. The number of hydrogen-bond donors (Lipinski definition) is 1. The summed E-state index contributed by atoms with van der Waals surface area (Å²) in [5.41, 5.74) is 1.50. The number of hydrogen-bond acceptors (Lipinski definition) is 6. The molecule has 0 aliphatic rings. The van der Waals surface area contributed by atoms with Crippen LogP contribution < -0.4 is 10.1 Å². The minimum atomic E-state index is -0.132. The lowest BCUT2D eigenvalue weighted by molar-refractivity contribution is -0.113. The summed E-state index contributed by atoms with van der Waals surface area (Å²) in [6.07, 6.45) is 0. The third-order valence-corrected chi connectivity index (χ3v) is 4.65. The largest absolute Gasteiger partial charge is 0.497 e. The van der Waals surface area contributed by atoms with Gasteiger partial charge >= 0.3 is 0 Å². The molecule has 0 atom stereocenters. The second kappa shape index (κ2) is 8.13. The van der Waals surface area contributed by atoms with Crippen molar-refractivity contribution >= 4 is 39.3 Å². The number of ether oxygens (including phenoxy) is 1. The first kappa shape index (κ1) is 17.4. The van der Waals surface area contributed by atoms with E-state index in [1.807, 2.05) is 48.5 Å². The second-order valence-electron chi connectivity index (χ2n) is 4.92. The van der Waals surface area contributed by atoms with Gasteiger partial charge in [0.1, 0.15) is 5.75 Å². The highest BCUT2D eigenvalue weighted by molar-refractivity contribution is 9.10. The molecule has 9 heteroatoms. The molecule has 25 heavy (non-hydrogen) atoms. The van der Waals surface area contributed by atoms with E-state index in [1.165, 1.54) is 11.8 Å². The number of aromatic nitrogens is 4. The Kier molecular flexibility index (Phi) is 5.67. The summed E-state index contributed by atoms with van der Waals surface area (Å²) in [7, 11) is 1.60. The second-order valence-corrected chi connectivity index (χ2v) is 6.78. The average Bonchev–Trinajstić information content (AvgIpc) is 3.10. The topological polar surface area (TPSA) is 81.9 Å². The first-order valence-corrected chi connectivity index (χ1v) is 9.04. The van der Waals surface area contributed by atoms with Crippen molar-refractivity contribution in [3.05, 3.63) is 53.0 Å². The lowest BCUT2D eigenvalue weighted by Gasteiger charge is -2.07. The van der Waals surface area contributed by atoms with E-state index in [9.17, 15) is 4.79 Å². The molecule has 0 spiro atoms. The van der Waals surface area contributed by atoms with Crippen LogP contribution in [0.25, 0.3) is 5.69 Å². The van der Waals surface area contributed by atoms with Crippen LogP contribution in [-0.2, 0) is 4.79 Å². The number of rotatable bonds is 6. The van der Waals surface area contributed by atoms with Gasteiger partial charge in [-0.1, -0.05) is 33.8 Å². The molecule has 0 saturated carbocycles. The van der Waals surface area contributed by atoms with Gasteiger partial charge in [0.05, 0.1) is 18.6 Å². The Morgan fingerprint density at radius 3 is 2.84 bits per heavy atom. The van der Waals surface area contributed by atoms with Gasteiger partial charge in [-0.25, -0.2) is 0 Å². The van der Waals surface area contributed by atoms with Gasteiger partial charge in [0, 0.05) is 16.2 Å². The Morgan fingerprint density at radius 2 is 2.08 bits per heavy atom. The third kappa shape index (κ3) is 4.58. The highest BCUT2D eigenvalue weighted by Crippen LogP contribution is 2.21. The number of halogens is 1. The number of carbonyl (C=O) groups excluding carboxylic acids is 1. The fraction of sp³-hybridized carbons (Fsp3) is 0.125. The van der Waals surface area contributed by atoms with E-state index < -0.39 is 0 Å². The highest BCUT2D eigenvalue weighted by atomic mass is 79.9. The monoisotopic (exact) mass is 419 g/mol. The molecule has 1 aromatic heterocycles. The molecule has 2 aromatic carbocycles. The summed E-state index contributed by atoms with van der Waals surface area (Å²) in [5, 5.41) is 15.0. The van der Waals surface area contributed by atoms with Gasteiger partial charge in [0.25, 0.3) is 0 Å². The van der Waals surface area contributed by atoms with Crippen molar-refractivity contribution in [1.29, 1.82) is 0 Å². The molecule has 0 radical (unpaired) electrons. The smallest absolute Gasteiger partial charge is 0.234 e. The molecule has 7 nitrogen and oxygen atoms in total. The van der Waals surface area contributed by atoms with E-state index in [-0.39, 0.29) is 11.7 Å². The van der Waals surface area contributed by atoms with Gasteiger partial charge in [-0.3, -0.25) is 4.79 Å². The summed E-state index contributed by atoms with van der Waals surface area (Å²) < 4.78 is 7.73. The van der Waals surface area contributed by atoms with Crippen LogP contribution in [0.15, 0.2) is 58.2 Å². The summed E-state index contributed by atoms with van der Waals surface area (Å²) in [6.45, 7) is 0. The van der Waals surface area contributed by atoms with Crippen molar-refractivity contribution in [3.63, 3.8) is 0 Å². The van der Waals surface area contributed by atoms with Crippen molar-refractivity contribution in [3.8, 4) is 11.4 Å². The van der Waals surface area contributed by atoms with Crippen LogP contribution in [0.5, 0.6) is 5.75 Å². The number of tetrazole rings is 1. The van der Waals surface area contributed by atoms with Crippen LogP contribution >= 0.6 is 27.7 Å². The number of amides is 1. The quantitative estimate of drug-likeness (QED) is 0.617. The molecule has 0 fully saturated rings. The predicted octanol–water partition coefficient (Wildman–Crippen LogP) is 3.16. The van der Waals surface area contributed by atoms with Gasteiger partial charge in [-0.05, 0) is 46.8 Å². The molecule has 1 heterocycles. The SMILES string of the molecule is COc1cccc(-n2nnnc2SCC(=O)Nc2ccc(Br)cc2)c1. The zero-order valence-corrected chi connectivity index (χ0v) is 15.6. The maximum absolute atomic E-state index is 12.1. The summed E-state index contributed by atoms with van der Waals surface area (Å²) in [6, 6.07) is 14.8. The minimum absolute atomic E-state index is 0.132. The number of nitrogens with zero attached hydrogens (tertiary/aromatic N) is 4. The fourth-order valence-corrected chi connectivity index (χ4v) is 2.99. The maximum atomic E-state index is 12.1. The molecule has 0 aliphatic carbocycles. The zero-order chi connectivity index (χ0) is 17.6. The molecular formula is C16H14BrN5O2S. The van der Waals surface area contributed by atoms with Crippen molar-refractivity contribution in [2.24, 2.45) is 0 Å². The van der Waals surface area contributed by atoms with E-state index in [0.717, 1.165) is 15.8 Å². The van der Waals surface area contributed by atoms with E-state index in [1.54, 1.807) is 11.8 Å². The number of thioether (sulfide) groups is 1. The molecule has 1 amide bonds. The van der Waals surface area contributed by atoms with Crippen molar-refractivity contribution in [2.75, 3.05) is 18.2 Å². The van der Waals surface area contributed by atoms with Crippen LogP contribution in [-0.4, -0.2) is 39.0 Å². The van der Waals surface area contributed by atoms with Gasteiger partial charge in [0.15, 0.2) is 0 Å². The van der Waals surface area contributed by atoms with Crippen molar-refractivity contribution < 1.29 is 9.53 Å². The van der Waals surface area contributed by atoms with Gasteiger partial charge in [-0.15, -0.1) is 5.10 Å². The molecule has 128 valence electrons.